The second kappa shape index (κ2) is 11.4. The quantitative estimate of drug-likeness (QED) is 0.334. The van der Waals surface area contributed by atoms with Gasteiger partial charge in [-0.25, -0.2) is 8.42 Å². The molecule has 0 aliphatic carbocycles. The van der Waals surface area contributed by atoms with Crippen molar-refractivity contribution in [2.24, 2.45) is 5.73 Å². The summed E-state index contributed by atoms with van der Waals surface area (Å²) in [5.41, 5.74) is 4.73. The number of aliphatic hydroxyl groups is 1. The van der Waals surface area contributed by atoms with E-state index in [9.17, 15) is 31.5 Å². The minimum absolute atomic E-state index is 0.0329. The average Bonchev–Trinajstić information content (AvgIpc) is 3.55. The Labute approximate surface area is 241 Å². The van der Waals surface area contributed by atoms with E-state index in [2.05, 4.69) is 5.32 Å². The molecule has 0 spiro atoms. The van der Waals surface area contributed by atoms with E-state index in [0.717, 1.165) is 27.6 Å². The van der Waals surface area contributed by atoms with Crippen LogP contribution in [0.15, 0.2) is 48.7 Å². The van der Waals surface area contributed by atoms with Gasteiger partial charge in [0, 0.05) is 60.3 Å². The van der Waals surface area contributed by atoms with Crippen LogP contribution < -0.4 is 11.1 Å². The fraction of sp³-hybridized carbons (Fsp3) is 0.429. The molecule has 0 radical (unpaired) electrons. The third kappa shape index (κ3) is 6.05. The number of nitrogens with one attached hydrogen (secondary N) is 1. The fourth-order valence-electron chi connectivity index (χ4n) is 5.74. The first-order valence-corrected chi connectivity index (χ1v) is 15.2. The molecule has 5 rings (SSSR count). The molecule has 2 saturated heterocycles. The maximum atomic E-state index is 13.1. The number of sulfonamides is 1. The van der Waals surface area contributed by atoms with E-state index in [-0.39, 0.29) is 48.8 Å². The van der Waals surface area contributed by atoms with Gasteiger partial charge < -0.3 is 20.7 Å². The summed E-state index contributed by atoms with van der Waals surface area (Å²) in [6, 6.07) is 12.8. The molecule has 3 heterocycles. The Balaban J connectivity index is 1.46. The summed E-state index contributed by atoms with van der Waals surface area (Å²) in [4.78, 5) is 12.9. The van der Waals surface area contributed by atoms with E-state index in [4.69, 9.17) is 18.0 Å². The molecule has 3 aromatic rings. The van der Waals surface area contributed by atoms with Crippen LogP contribution in [0.4, 0.5) is 13.2 Å². The number of carbonyl (C=O) groups excluding carboxylic acids is 1. The number of thiocarbonyl (C=S) groups is 1. The van der Waals surface area contributed by atoms with Gasteiger partial charge in [0.25, 0.3) is 0 Å². The number of fused-ring (bicyclic) bond motifs is 1. The minimum atomic E-state index is -5.38. The number of β-amino-alcohol motifs (C(OH)–C–C–N with tert-alkyl or cyclic N) is 1. The zero-order valence-electron chi connectivity index (χ0n) is 22.1. The van der Waals surface area contributed by atoms with E-state index in [0.29, 0.717) is 35.7 Å². The maximum Gasteiger partial charge on any atom is 0.511 e. The van der Waals surface area contributed by atoms with Crippen LogP contribution in [0.5, 0.6) is 0 Å². The molecule has 4 N–H and O–H groups in total. The number of aliphatic hydroxyl groups excluding tert-OH is 1. The number of rotatable bonds is 8. The number of ketones is 1. The Bertz CT molecular complexity index is 1580. The molecule has 2 fully saturated rings. The molecule has 0 amide bonds. The third-order valence-electron chi connectivity index (χ3n) is 7.96. The van der Waals surface area contributed by atoms with Crippen LogP contribution in [-0.2, 0) is 21.2 Å². The number of piperidine rings is 1. The Morgan fingerprint density at radius 1 is 1.15 bits per heavy atom. The zero-order chi connectivity index (χ0) is 29.5. The number of alkyl halides is 3. The van der Waals surface area contributed by atoms with Gasteiger partial charge >= 0.3 is 15.5 Å². The number of halogens is 3. The van der Waals surface area contributed by atoms with Gasteiger partial charge in [-0.15, -0.1) is 0 Å². The lowest BCUT2D eigenvalue weighted by Gasteiger charge is -2.32. The molecule has 220 valence electrons. The SMILES string of the molecule is NC(=S)c1cccc(-c2cn(C3CCN(S(=O)(=O)C(F)(F)F)CC3)c3cc(CCC(=O)C4C[C@H](O)CN4)ccc23)c1. The molecule has 1 unspecified atom stereocenters. The number of benzene rings is 2. The highest BCUT2D eigenvalue weighted by Crippen LogP contribution is 2.38. The number of hydrogen-bond acceptors (Lipinski definition) is 6. The van der Waals surface area contributed by atoms with E-state index < -0.39 is 21.6 Å². The van der Waals surface area contributed by atoms with Crippen LogP contribution in [0.1, 0.15) is 42.9 Å². The van der Waals surface area contributed by atoms with Crippen molar-refractivity contribution in [1.29, 1.82) is 0 Å². The summed E-state index contributed by atoms with van der Waals surface area (Å²) in [5, 5.41) is 13.7. The van der Waals surface area contributed by atoms with Crippen molar-refractivity contribution in [3.05, 3.63) is 59.8 Å². The van der Waals surface area contributed by atoms with Gasteiger partial charge in [-0.2, -0.15) is 17.5 Å². The lowest BCUT2D eigenvalue weighted by molar-refractivity contribution is -0.120. The normalized spacial score (nSPS) is 21.0. The minimum Gasteiger partial charge on any atom is -0.392 e. The highest BCUT2D eigenvalue weighted by Gasteiger charge is 2.50. The van der Waals surface area contributed by atoms with E-state index in [1.54, 1.807) is 0 Å². The lowest BCUT2D eigenvalue weighted by Crippen LogP contribution is -2.45. The largest absolute Gasteiger partial charge is 0.511 e. The van der Waals surface area contributed by atoms with Gasteiger partial charge in [-0.1, -0.05) is 42.5 Å². The number of nitrogens with zero attached hydrogens (tertiary/aromatic N) is 2. The molecular weight excluding hydrogens is 577 g/mol. The molecule has 8 nitrogen and oxygen atoms in total. The number of carbonyl (C=O) groups is 1. The molecule has 2 aromatic carbocycles. The molecule has 2 aliphatic heterocycles. The standard InChI is InChI=1S/C28H31F3N4O4S2/c29-28(30,31)41(38,39)34-10-8-20(9-11-34)35-16-23(18-2-1-3-19(13-18)27(32)40)22-6-4-17(12-25(22)35)5-7-26(37)24-14-21(36)15-33-24/h1-4,6,12-13,16,20-21,24,33,36H,5,7-11,14-15H2,(H2,32,40)/t21-,24?/m0/s1. The number of hydrogen-bond donors (Lipinski definition) is 3. The van der Waals surface area contributed by atoms with Gasteiger partial charge in [-0.3, -0.25) is 4.79 Å². The molecule has 2 atom stereocenters. The smallest absolute Gasteiger partial charge is 0.392 e. The first-order chi connectivity index (χ1) is 19.3. The highest BCUT2D eigenvalue weighted by molar-refractivity contribution is 7.90. The first-order valence-electron chi connectivity index (χ1n) is 13.4. The Kier molecular flexibility index (Phi) is 8.27. The Morgan fingerprint density at radius 2 is 1.88 bits per heavy atom. The summed E-state index contributed by atoms with van der Waals surface area (Å²) < 4.78 is 65.8. The van der Waals surface area contributed by atoms with Crippen molar-refractivity contribution in [3.8, 4) is 11.1 Å². The molecule has 41 heavy (non-hydrogen) atoms. The van der Waals surface area contributed by atoms with Crippen molar-refractivity contribution in [1.82, 2.24) is 14.2 Å². The number of aromatic nitrogens is 1. The summed E-state index contributed by atoms with van der Waals surface area (Å²) >= 11 is 5.15. The van der Waals surface area contributed by atoms with Crippen LogP contribution in [-0.4, -0.2) is 70.5 Å². The predicted molar refractivity (Wildman–Crippen MR) is 154 cm³/mol. The predicted octanol–water partition coefficient (Wildman–Crippen LogP) is 3.65. The number of aryl methyl sites for hydroxylation is 1. The molecule has 1 aromatic heterocycles. The summed E-state index contributed by atoms with van der Waals surface area (Å²) in [5.74, 6) is 0.0329. The van der Waals surface area contributed by atoms with Crippen LogP contribution in [0.25, 0.3) is 22.0 Å². The fourth-order valence-corrected chi connectivity index (χ4v) is 6.85. The van der Waals surface area contributed by atoms with Gasteiger partial charge in [-0.05, 0) is 48.9 Å². The van der Waals surface area contributed by atoms with Crippen LogP contribution in [0.3, 0.4) is 0 Å². The van der Waals surface area contributed by atoms with Crippen LogP contribution in [0.2, 0.25) is 0 Å². The number of Topliss-reactive ketones (excluding diaryl/α,β-unsaturated/α-hetero) is 1. The summed E-state index contributed by atoms with van der Waals surface area (Å²) in [6.45, 7) is -0.0857. The van der Waals surface area contributed by atoms with Gasteiger partial charge in [0.05, 0.1) is 12.1 Å². The van der Waals surface area contributed by atoms with Gasteiger partial charge in [0.15, 0.2) is 0 Å². The van der Waals surface area contributed by atoms with Crippen molar-refractivity contribution < 1.29 is 31.5 Å². The van der Waals surface area contributed by atoms with Crippen molar-refractivity contribution in [2.45, 2.75) is 55.8 Å². The maximum absolute atomic E-state index is 13.1. The van der Waals surface area contributed by atoms with Crippen molar-refractivity contribution in [2.75, 3.05) is 19.6 Å². The third-order valence-corrected chi connectivity index (χ3v) is 9.83. The Morgan fingerprint density at radius 3 is 2.51 bits per heavy atom. The van der Waals surface area contributed by atoms with Crippen LogP contribution in [0, 0.1) is 0 Å². The van der Waals surface area contributed by atoms with Gasteiger partial charge in [0.2, 0.25) is 0 Å². The van der Waals surface area contributed by atoms with E-state index >= 15 is 0 Å². The highest BCUT2D eigenvalue weighted by atomic mass is 32.2. The Hall–Kier alpha value is -2.84. The monoisotopic (exact) mass is 608 g/mol. The topological polar surface area (TPSA) is 118 Å². The van der Waals surface area contributed by atoms with Gasteiger partial charge in [0.1, 0.15) is 10.8 Å². The van der Waals surface area contributed by atoms with E-state index in [1.165, 1.54) is 0 Å². The van der Waals surface area contributed by atoms with Crippen LogP contribution >= 0.6 is 12.2 Å². The summed E-state index contributed by atoms with van der Waals surface area (Å²) in [6.07, 6.45) is 3.04. The summed E-state index contributed by atoms with van der Waals surface area (Å²) in [7, 11) is -5.38. The first kappa shape index (κ1) is 29.6. The second-order valence-electron chi connectivity index (χ2n) is 10.6. The molecule has 0 bridgehead atoms. The second-order valence-corrected chi connectivity index (χ2v) is 13.0. The molecule has 2 aliphatic rings. The van der Waals surface area contributed by atoms with Crippen molar-refractivity contribution in [3.63, 3.8) is 0 Å². The molecule has 13 heteroatoms. The van der Waals surface area contributed by atoms with Crippen molar-refractivity contribution >= 4 is 43.9 Å². The lowest BCUT2D eigenvalue weighted by atomic mass is 9.99. The van der Waals surface area contributed by atoms with E-state index in [1.807, 2.05) is 53.2 Å². The molecular formula is C28H31F3N4O4S2. The zero-order valence-corrected chi connectivity index (χ0v) is 23.7. The molecule has 0 saturated carbocycles. The average molecular weight is 609 g/mol. The number of nitrogens with two attached hydrogens (primary N) is 1.